The maximum Gasteiger partial charge on any atom is 0.259 e. The third kappa shape index (κ3) is 10.7. The first kappa shape index (κ1) is 41.3. The average molecular weight is 784 g/mol. The van der Waals surface area contributed by atoms with Gasteiger partial charge in [0.1, 0.15) is 31.7 Å². The molecule has 3 fully saturated rings. The van der Waals surface area contributed by atoms with Gasteiger partial charge in [0, 0.05) is 33.4 Å². The summed E-state index contributed by atoms with van der Waals surface area (Å²) >= 11 is 0. The summed E-state index contributed by atoms with van der Waals surface area (Å²) in [7, 11) is 3.11. The molecule has 0 bridgehead atoms. The number of methoxy groups -OCH3 is 2. The van der Waals surface area contributed by atoms with Crippen LogP contribution < -0.4 is 24.3 Å². The third-order valence-electron chi connectivity index (χ3n) is 9.79. The number of hydrogen-bond acceptors (Lipinski definition) is 14. The molecule has 0 aliphatic carbocycles. The number of rotatable bonds is 18. The summed E-state index contributed by atoms with van der Waals surface area (Å²) < 4.78 is 67.1. The number of phenols is 2. The van der Waals surface area contributed by atoms with Crippen molar-refractivity contribution in [3.63, 3.8) is 0 Å². The molecular weight excluding hydrogens is 730 g/mol. The highest BCUT2D eigenvalue weighted by atomic mass is 16.8. The fraction of sp³-hybridized carbons (Fsp3) is 0.537. The molecule has 4 unspecified atom stereocenters. The molecular formula is C41H53NO14. The lowest BCUT2D eigenvalue weighted by atomic mass is 9.90. The molecule has 0 radical (unpaired) electrons. The Labute approximate surface area is 326 Å². The molecule has 0 aromatic heterocycles. The smallest absolute Gasteiger partial charge is 0.259 e. The molecule has 15 heteroatoms. The van der Waals surface area contributed by atoms with Crippen LogP contribution in [-0.2, 0) is 33.2 Å². The van der Waals surface area contributed by atoms with Gasteiger partial charge < -0.3 is 67.6 Å². The monoisotopic (exact) mass is 783 g/mol. The lowest BCUT2D eigenvalue weighted by Gasteiger charge is -2.46. The second-order valence-corrected chi connectivity index (χ2v) is 13.7. The zero-order valence-corrected chi connectivity index (χ0v) is 32.1. The van der Waals surface area contributed by atoms with Crippen LogP contribution in [-0.4, -0.2) is 107 Å². The van der Waals surface area contributed by atoms with Gasteiger partial charge in [-0.25, -0.2) is 0 Å². The van der Waals surface area contributed by atoms with E-state index in [1.165, 1.54) is 25.3 Å². The van der Waals surface area contributed by atoms with Crippen LogP contribution in [0.5, 0.6) is 34.5 Å². The lowest BCUT2D eigenvalue weighted by molar-refractivity contribution is -0.345. The van der Waals surface area contributed by atoms with E-state index < -0.39 is 42.0 Å². The Morgan fingerprint density at radius 1 is 0.768 bits per heavy atom. The number of phenolic OH excluding ortho intramolecular Hbond substituents is 2. The van der Waals surface area contributed by atoms with Gasteiger partial charge in [-0.3, -0.25) is 4.79 Å². The van der Waals surface area contributed by atoms with Crippen molar-refractivity contribution in [2.45, 2.75) is 82.6 Å². The van der Waals surface area contributed by atoms with Crippen molar-refractivity contribution in [1.82, 2.24) is 0 Å². The molecule has 3 aromatic rings. The fourth-order valence-corrected chi connectivity index (χ4v) is 6.81. The summed E-state index contributed by atoms with van der Waals surface area (Å²) in [5, 5.41) is 22.7. The molecule has 3 heterocycles. The maximum absolute atomic E-state index is 12.9. The van der Waals surface area contributed by atoms with E-state index in [-0.39, 0.29) is 50.7 Å². The van der Waals surface area contributed by atoms with Gasteiger partial charge in [0.15, 0.2) is 48.7 Å². The Morgan fingerprint density at radius 2 is 1.41 bits per heavy atom. The molecule has 7 atom stereocenters. The Balaban J connectivity index is 1.12. The minimum absolute atomic E-state index is 0.0204. The van der Waals surface area contributed by atoms with Crippen LogP contribution in [0.1, 0.15) is 55.8 Å². The first-order valence-electron chi connectivity index (χ1n) is 19.1. The molecule has 0 spiro atoms. The highest BCUT2D eigenvalue weighted by Gasteiger charge is 2.48. The summed E-state index contributed by atoms with van der Waals surface area (Å²) in [6, 6.07) is 16.3. The second kappa shape index (κ2) is 20.7. The lowest BCUT2D eigenvalue weighted by Crippen LogP contribution is -2.59. The fourth-order valence-electron chi connectivity index (χ4n) is 6.81. The van der Waals surface area contributed by atoms with Crippen molar-refractivity contribution in [3.8, 4) is 34.5 Å². The summed E-state index contributed by atoms with van der Waals surface area (Å²) in [5.74, 6) is -0.215. The third-order valence-corrected chi connectivity index (χ3v) is 9.79. The van der Waals surface area contributed by atoms with Crippen LogP contribution in [0.25, 0.3) is 0 Å². The van der Waals surface area contributed by atoms with Crippen LogP contribution in [0.15, 0.2) is 60.7 Å². The number of carbonyl (C=O) groups excluding carboxylic acids is 1. The number of amides is 1. The number of carbonyl (C=O) groups is 1. The Morgan fingerprint density at radius 3 is 2.09 bits per heavy atom. The van der Waals surface area contributed by atoms with E-state index >= 15 is 0 Å². The highest BCUT2D eigenvalue weighted by Crippen LogP contribution is 2.40. The number of ether oxygens (including phenoxy) is 11. The van der Waals surface area contributed by atoms with Gasteiger partial charge in [-0.2, -0.15) is 0 Å². The quantitative estimate of drug-likeness (QED) is 0.0780. The zero-order chi connectivity index (χ0) is 39.3. The van der Waals surface area contributed by atoms with Crippen LogP contribution in [0.3, 0.4) is 0 Å². The molecule has 1 amide bonds. The summed E-state index contributed by atoms with van der Waals surface area (Å²) in [6.07, 6.45) is 2.59. The zero-order valence-electron chi connectivity index (χ0n) is 32.1. The van der Waals surface area contributed by atoms with Crippen LogP contribution in [0.4, 0.5) is 5.69 Å². The molecule has 3 aliphatic rings. The number of anilines is 1. The standard InChI is InChI=1S/C41H53NO14/c1-26-33(54-41(47-3)39(56-35-19-7-9-21-51-35)37(26)55-34-18-6-8-20-50-34)24-52-38-31(16-11-17-32(38)53-25-46-2)49-23-22-48-30-15-5-4-13-28(30)42-40(45)27-12-10-14-29(43)36(27)44/h4-5,10-17,26,33-35,37,39,41,43-44H,6-9,18-25H2,1-3H3,(H,42,45)/t26-,33?,34?,35?,37+,39-,41?/m1/s1. The predicted molar refractivity (Wildman–Crippen MR) is 201 cm³/mol. The van der Waals surface area contributed by atoms with E-state index in [9.17, 15) is 15.0 Å². The van der Waals surface area contributed by atoms with Crippen LogP contribution >= 0.6 is 0 Å². The molecule has 0 saturated carbocycles. The van der Waals surface area contributed by atoms with E-state index in [0.717, 1.165) is 38.5 Å². The van der Waals surface area contributed by atoms with E-state index in [1.807, 2.05) is 6.92 Å². The van der Waals surface area contributed by atoms with Crippen LogP contribution in [0.2, 0.25) is 0 Å². The summed E-state index contributed by atoms with van der Waals surface area (Å²) in [5.41, 5.74) is 0.284. The normalized spacial score (nSPS) is 25.2. The number of nitrogens with one attached hydrogen (secondary N) is 1. The minimum atomic E-state index is -0.759. The number of benzene rings is 3. The summed E-state index contributed by atoms with van der Waals surface area (Å²) in [6.45, 7) is 3.59. The van der Waals surface area contributed by atoms with Crippen molar-refractivity contribution in [3.05, 3.63) is 66.2 Å². The number of hydrogen-bond donors (Lipinski definition) is 3. The number of para-hydroxylation sites is 4. The van der Waals surface area contributed by atoms with Gasteiger partial charge in [0.05, 0.1) is 23.5 Å². The van der Waals surface area contributed by atoms with Crippen molar-refractivity contribution in [2.24, 2.45) is 5.92 Å². The maximum atomic E-state index is 12.9. The minimum Gasteiger partial charge on any atom is -0.504 e. The Bertz CT molecular complexity index is 1680. The Kier molecular flexibility index (Phi) is 15.3. The van der Waals surface area contributed by atoms with E-state index in [1.54, 1.807) is 49.6 Å². The van der Waals surface area contributed by atoms with Crippen molar-refractivity contribution in [2.75, 3.05) is 59.4 Å². The molecule has 56 heavy (non-hydrogen) atoms. The topological polar surface area (TPSA) is 171 Å². The molecule has 306 valence electrons. The molecule has 3 N–H and O–H groups in total. The van der Waals surface area contributed by atoms with Gasteiger partial charge in [0.25, 0.3) is 5.91 Å². The molecule has 3 aromatic carbocycles. The summed E-state index contributed by atoms with van der Waals surface area (Å²) in [4.78, 5) is 12.9. The van der Waals surface area contributed by atoms with Gasteiger partial charge in [-0.15, -0.1) is 0 Å². The van der Waals surface area contributed by atoms with Gasteiger partial charge in [-0.1, -0.05) is 31.2 Å². The van der Waals surface area contributed by atoms with Gasteiger partial charge in [0.2, 0.25) is 5.75 Å². The van der Waals surface area contributed by atoms with E-state index in [2.05, 4.69) is 5.32 Å². The molecule has 15 nitrogen and oxygen atoms in total. The number of aromatic hydroxyl groups is 2. The van der Waals surface area contributed by atoms with Crippen molar-refractivity contribution < 1.29 is 67.1 Å². The highest BCUT2D eigenvalue weighted by molar-refractivity contribution is 6.07. The van der Waals surface area contributed by atoms with E-state index in [0.29, 0.717) is 41.9 Å². The molecule has 3 aliphatic heterocycles. The first-order chi connectivity index (χ1) is 27.4. The average Bonchev–Trinajstić information content (AvgIpc) is 3.22. The SMILES string of the molecule is COCOc1cccc(OCCOc2ccccc2NC(=O)c2cccc(O)c2O)c1OCC1OC(OC)[C@H](OC2CCCCO2)[C@@H](OC2CCCCO2)[C@@H]1C. The van der Waals surface area contributed by atoms with Crippen molar-refractivity contribution >= 4 is 11.6 Å². The Hall–Kier alpha value is -4.35. The molecule has 3 saturated heterocycles. The van der Waals surface area contributed by atoms with Gasteiger partial charge in [-0.05, 0) is 74.9 Å². The largest absolute Gasteiger partial charge is 0.504 e. The van der Waals surface area contributed by atoms with Gasteiger partial charge >= 0.3 is 0 Å². The van der Waals surface area contributed by atoms with Crippen molar-refractivity contribution in [1.29, 1.82) is 0 Å². The first-order valence-corrected chi connectivity index (χ1v) is 19.1. The molecule has 6 rings (SSSR count). The predicted octanol–water partition coefficient (Wildman–Crippen LogP) is 6.00. The van der Waals surface area contributed by atoms with Crippen LogP contribution in [0, 0.1) is 5.92 Å². The van der Waals surface area contributed by atoms with E-state index in [4.69, 9.17) is 52.1 Å². The second-order valence-electron chi connectivity index (χ2n) is 13.7.